The smallest absolute Gasteiger partial charge is 0.244 e. The molecule has 1 heterocycles. The van der Waals surface area contributed by atoms with Crippen LogP contribution in [0.5, 0.6) is 0 Å². The predicted octanol–water partition coefficient (Wildman–Crippen LogP) is 1.26. The number of amides is 1. The molecule has 116 valence electrons. The number of primary amides is 1. The van der Waals surface area contributed by atoms with E-state index in [2.05, 4.69) is 0 Å². The van der Waals surface area contributed by atoms with Crippen molar-refractivity contribution in [3.05, 3.63) is 28.2 Å². The van der Waals surface area contributed by atoms with Crippen molar-refractivity contribution in [1.82, 2.24) is 4.31 Å². The van der Waals surface area contributed by atoms with Crippen molar-refractivity contribution in [1.29, 1.82) is 0 Å². The summed E-state index contributed by atoms with van der Waals surface area (Å²) in [6.07, 6.45) is -0.624. The number of hydrogen-bond acceptors (Lipinski definition) is 4. The van der Waals surface area contributed by atoms with Gasteiger partial charge in [-0.1, -0.05) is 23.2 Å². The van der Waals surface area contributed by atoms with Crippen molar-refractivity contribution in [3.63, 3.8) is 0 Å². The minimum atomic E-state index is -3.95. The molecule has 0 bridgehead atoms. The van der Waals surface area contributed by atoms with Gasteiger partial charge >= 0.3 is 0 Å². The topological polar surface area (TPSA) is 89.7 Å². The van der Waals surface area contributed by atoms with Gasteiger partial charge in [0, 0.05) is 16.6 Å². The lowest BCUT2D eigenvalue weighted by molar-refractivity contribution is -0.130. The molecule has 6 nitrogen and oxygen atoms in total. The quantitative estimate of drug-likeness (QED) is 0.886. The first-order valence-corrected chi connectivity index (χ1v) is 8.32. The van der Waals surface area contributed by atoms with Gasteiger partial charge in [0.25, 0.3) is 0 Å². The summed E-state index contributed by atoms with van der Waals surface area (Å²) in [6, 6.07) is 2.92. The molecule has 1 fully saturated rings. The third-order valence-corrected chi connectivity index (χ3v) is 5.48. The van der Waals surface area contributed by atoms with E-state index in [0.717, 1.165) is 4.31 Å². The number of morpholine rings is 1. The normalized spacial score (nSPS) is 24.0. The highest BCUT2D eigenvalue weighted by atomic mass is 35.5. The molecule has 0 radical (unpaired) electrons. The van der Waals surface area contributed by atoms with E-state index in [4.69, 9.17) is 33.7 Å². The van der Waals surface area contributed by atoms with Gasteiger partial charge in [-0.15, -0.1) is 0 Å². The number of rotatable bonds is 3. The maximum Gasteiger partial charge on any atom is 0.244 e. The lowest BCUT2D eigenvalue weighted by Crippen LogP contribution is -2.58. The zero-order valence-corrected chi connectivity index (χ0v) is 13.5. The van der Waals surface area contributed by atoms with Crippen molar-refractivity contribution in [2.75, 3.05) is 13.2 Å². The van der Waals surface area contributed by atoms with Crippen LogP contribution in [0.2, 0.25) is 10.0 Å². The average molecular weight is 353 g/mol. The van der Waals surface area contributed by atoms with E-state index in [1.807, 2.05) is 0 Å². The Labute approximate surface area is 132 Å². The van der Waals surface area contributed by atoms with Crippen molar-refractivity contribution >= 4 is 39.1 Å². The van der Waals surface area contributed by atoms with Crippen molar-refractivity contribution < 1.29 is 17.9 Å². The molecule has 0 aliphatic carbocycles. The van der Waals surface area contributed by atoms with Gasteiger partial charge < -0.3 is 10.5 Å². The van der Waals surface area contributed by atoms with Crippen LogP contribution in [0.4, 0.5) is 0 Å². The Bertz CT molecular complexity index is 645. The molecule has 1 amide bonds. The summed E-state index contributed by atoms with van der Waals surface area (Å²) < 4.78 is 31.7. The molecule has 0 spiro atoms. The molecule has 1 saturated heterocycles. The van der Waals surface area contributed by atoms with Gasteiger partial charge in [0.2, 0.25) is 15.9 Å². The van der Waals surface area contributed by atoms with Gasteiger partial charge in [-0.05, 0) is 25.1 Å². The molecule has 0 saturated carbocycles. The molecule has 1 aliphatic rings. The average Bonchev–Trinajstić information content (AvgIpc) is 2.36. The Balaban J connectivity index is 2.48. The van der Waals surface area contributed by atoms with Crippen LogP contribution in [-0.4, -0.2) is 43.9 Å². The lowest BCUT2D eigenvalue weighted by Gasteiger charge is -2.36. The van der Waals surface area contributed by atoms with E-state index in [0.29, 0.717) is 0 Å². The van der Waals surface area contributed by atoms with Gasteiger partial charge in [-0.2, -0.15) is 4.31 Å². The largest absolute Gasteiger partial charge is 0.375 e. The lowest BCUT2D eigenvalue weighted by atomic mass is 10.1. The fourth-order valence-corrected chi connectivity index (χ4v) is 4.62. The van der Waals surface area contributed by atoms with Crippen LogP contribution in [-0.2, 0) is 19.6 Å². The van der Waals surface area contributed by atoms with Gasteiger partial charge in [0.15, 0.2) is 0 Å². The van der Waals surface area contributed by atoms with Crippen molar-refractivity contribution in [2.45, 2.75) is 24.0 Å². The van der Waals surface area contributed by atoms with Crippen LogP contribution in [0.15, 0.2) is 23.1 Å². The number of carbonyl (C=O) groups is 1. The molecule has 2 atom stereocenters. The summed E-state index contributed by atoms with van der Waals surface area (Å²) in [6.45, 7) is 1.81. The fraction of sp³-hybridized carbons (Fsp3) is 0.417. The van der Waals surface area contributed by atoms with E-state index in [1.54, 1.807) is 6.92 Å². The van der Waals surface area contributed by atoms with Gasteiger partial charge in [-0.3, -0.25) is 4.79 Å². The maximum absolute atomic E-state index is 12.7. The molecule has 0 unspecified atom stereocenters. The van der Waals surface area contributed by atoms with E-state index in [1.165, 1.54) is 18.2 Å². The number of hydrogen-bond donors (Lipinski definition) is 1. The molecular formula is C12H14Cl2N2O4S. The summed E-state index contributed by atoms with van der Waals surface area (Å²) >= 11 is 11.7. The van der Waals surface area contributed by atoms with Crippen LogP contribution >= 0.6 is 23.2 Å². The predicted molar refractivity (Wildman–Crippen MR) is 78.8 cm³/mol. The number of ether oxygens (including phenoxy) is 1. The first kappa shape index (κ1) is 16.5. The highest BCUT2D eigenvalue weighted by Crippen LogP contribution is 2.28. The molecule has 21 heavy (non-hydrogen) atoms. The van der Waals surface area contributed by atoms with Crippen molar-refractivity contribution in [2.24, 2.45) is 5.73 Å². The number of carbonyl (C=O) groups excluding carboxylic acids is 1. The van der Waals surface area contributed by atoms with Crippen LogP contribution in [0.1, 0.15) is 6.92 Å². The van der Waals surface area contributed by atoms with E-state index >= 15 is 0 Å². The molecular weight excluding hydrogens is 339 g/mol. The standard InChI is InChI=1S/C12H14Cl2N2O4S/c1-7-11(12(15)17)16(2-3-20-7)21(18,19)10-5-8(13)4-9(14)6-10/h4-7,11H,2-3H2,1H3,(H2,15,17)/t7-,11+/m1/s1. The van der Waals surface area contributed by atoms with Gasteiger partial charge in [0.05, 0.1) is 17.6 Å². The molecule has 2 N–H and O–H groups in total. The van der Waals surface area contributed by atoms with E-state index < -0.39 is 28.1 Å². The third kappa shape index (κ3) is 3.32. The van der Waals surface area contributed by atoms with Gasteiger partial charge in [-0.25, -0.2) is 8.42 Å². The number of halogens is 2. The van der Waals surface area contributed by atoms with Crippen LogP contribution < -0.4 is 5.73 Å². The monoisotopic (exact) mass is 352 g/mol. The first-order chi connectivity index (χ1) is 9.73. The molecule has 1 aromatic rings. The summed E-state index contributed by atoms with van der Waals surface area (Å²) in [4.78, 5) is 11.5. The summed E-state index contributed by atoms with van der Waals surface area (Å²) in [5.74, 6) is -0.765. The molecule has 9 heteroatoms. The molecule has 0 aromatic heterocycles. The van der Waals surface area contributed by atoms with Crippen LogP contribution in [0.25, 0.3) is 0 Å². The maximum atomic E-state index is 12.7. The number of nitrogens with two attached hydrogens (primary N) is 1. The Morgan fingerprint density at radius 3 is 2.43 bits per heavy atom. The number of nitrogens with zero attached hydrogens (tertiary/aromatic N) is 1. The van der Waals surface area contributed by atoms with Crippen molar-refractivity contribution in [3.8, 4) is 0 Å². The minimum Gasteiger partial charge on any atom is -0.375 e. The van der Waals surface area contributed by atoms with E-state index in [-0.39, 0.29) is 28.1 Å². The SMILES string of the molecule is C[C@H]1OCCN(S(=O)(=O)c2cc(Cl)cc(Cl)c2)[C@@H]1C(N)=O. The van der Waals surface area contributed by atoms with Crippen LogP contribution in [0.3, 0.4) is 0 Å². The Hall–Kier alpha value is -0.860. The number of sulfonamides is 1. The molecule has 1 aliphatic heterocycles. The van der Waals surface area contributed by atoms with E-state index in [9.17, 15) is 13.2 Å². The highest BCUT2D eigenvalue weighted by molar-refractivity contribution is 7.89. The molecule has 1 aromatic carbocycles. The fourth-order valence-electron chi connectivity index (χ4n) is 2.25. The Morgan fingerprint density at radius 2 is 1.90 bits per heavy atom. The molecule has 2 rings (SSSR count). The third-order valence-electron chi connectivity index (χ3n) is 3.18. The summed E-state index contributed by atoms with van der Waals surface area (Å²) in [7, 11) is -3.95. The highest BCUT2D eigenvalue weighted by Gasteiger charge is 2.41. The Kier molecular flexibility index (Phi) is 4.79. The summed E-state index contributed by atoms with van der Waals surface area (Å²) in [5, 5.41) is 0.385. The Morgan fingerprint density at radius 1 is 1.33 bits per heavy atom. The van der Waals surface area contributed by atoms with Crippen LogP contribution in [0, 0.1) is 0 Å². The first-order valence-electron chi connectivity index (χ1n) is 6.12. The second-order valence-electron chi connectivity index (χ2n) is 4.64. The zero-order chi connectivity index (χ0) is 15.8. The second-order valence-corrected chi connectivity index (χ2v) is 7.41. The second kappa shape index (κ2) is 6.10. The zero-order valence-electron chi connectivity index (χ0n) is 11.1. The summed E-state index contributed by atoms with van der Waals surface area (Å²) in [5.41, 5.74) is 5.31. The number of benzene rings is 1. The minimum absolute atomic E-state index is 0.0322. The van der Waals surface area contributed by atoms with Gasteiger partial charge in [0.1, 0.15) is 6.04 Å².